The lowest BCUT2D eigenvalue weighted by molar-refractivity contribution is -0.128. The highest BCUT2D eigenvalue weighted by Crippen LogP contribution is 2.03. The summed E-state index contributed by atoms with van der Waals surface area (Å²) in [4.78, 5) is 14.6. The Morgan fingerprint density at radius 3 is 3.00 bits per heavy atom. The molecule has 0 aromatic rings. The van der Waals surface area contributed by atoms with Crippen LogP contribution >= 0.6 is 0 Å². The summed E-state index contributed by atoms with van der Waals surface area (Å²) in [5, 5.41) is 0. The minimum absolute atomic E-state index is 0.516. The van der Waals surface area contributed by atoms with Crippen LogP contribution in [0.15, 0.2) is 0 Å². The van der Waals surface area contributed by atoms with Gasteiger partial charge in [0.2, 0.25) is 0 Å². The van der Waals surface area contributed by atoms with Crippen LogP contribution in [-0.4, -0.2) is 56.2 Å². The zero-order valence-electron chi connectivity index (χ0n) is 8.24. The molecule has 0 unspecified atom stereocenters. The lowest BCUT2D eigenvalue weighted by atomic mass is 10.3. The first-order valence-electron chi connectivity index (χ1n) is 4.79. The van der Waals surface area contributed by atoms with Gasteiger partial charge in [-0.3, -0.25) is 14.6 Å². The summed E-state index contributed by atoms with van der Waals surface area (Å²) in [6.07, 6.45) is 2.18. The molecule has 76 valence electrons. The van der Waals surface area contributed by atoms with Gasteiger partial charge in [0.1, 0.15) is 0 Å². The van der Waals surface area contributed by atoms with Crippen LogP contribution in [0, 0.1) is 0 Å². The van der Waals surface area contributed by atoms with Gasteiger partial charge in [0.15, 0.2) is 0 Å². The third kappa shape index (κ3) is 4.24. The maximum Gasteiger partial charge on any atom is 0.293 e. The monoisotopic (exact) mass is 186 g/mol. The largest absolute Gasteiger partial charge is 0.468 e. The average Bonchev–Trinajstić information content (AvgIpc) is 2.13. The minimum Gasteiger partial charge on any atom is -0.468 e. The van der Waals surface area contributed by atoms with E-state index in [9.17, 15) is 4.79 Å². The van der Waals surface area contributed by atoms with Crippen LogP contribution in [0.4, 0.5) is 0 Å². The van der Waals surface area contributed by atoms with Gasteiger partial charge < -0.3 is 4.74 Å². The molecule has 0 atom stereocenters. The average molecular weight is 186 g/mol. The Hall–Kier alpha value is -0.610. The molecule has 1 saturated heterocycles. The van der Waals surface area contributed by atoms with E-state index in [4.69, 9.17) is 0 Å². The molecule has 13 heavy (non-hydrogen) atoms. The molecule has 0 bridgehead atoms. The van der Waals surface area contributed by atoms with Gasteiger partial charge in [-0.05, 0) is 19.9 Å². The SMILES string of the molecule is CN1CCCN(CCCOC=O)C1. The van der Waals surface area contributed by atoms with Crippen LogP contribution in [0.5, 0.6) is 0 Å². The highest BCUT2D eigenvalue weighted by molar-refractivity contribution is 5.36. The van der Waals surface area contributed by atoms with Crippen molar-refractivity contribution in [2.45, 2.75) is 12.8 Å². The summed E-state index contributed by atoms with van der Waals surface area (Å²) in [6.45, 7) is 5.50. The van der Waals surface area contributed by atoms with Crippen LogP contribution in [0.3, 0.4) is 0 Å². The maximum absolute atomic E-state index is 9.86. The number of rotatable bonds is 5. The summed E-state index contributed by atoms with van der Waals surface area (Å²) >= 11 is 0. The Balaban J connectivity index is 2.03. The van der Waals surface area contributed by atoms with Gasteiger partial charge in [0.05, 0.1) is 13.3 Å². The standard InChI is InChI=1S/C9H18N2O2/c1-10-4-2-5-11(8-10)6-3-7-13-9-12/h9H,2-8H2,1H3. The van der Waals surface area contributed by atoms with E-state index >= 15 is 0 Å². The van der Waals surface area contributed by atoms with E-state index in [0.717, 1.165) is 19.6 Å². The van der Waals surface area contributed by atoms with Crippen LogP contribution < -0.4 is 0 Å². The number of ether oxygens (including phenoxy) is 1. The lowest BCUT2D eigenvalue weighted by Crippen LogP contribution is -2.43. The zero-order valence-corrected chi connectivity index (χ0v) is 8.24. The molecule has 1 fully saturated rings. The predicted octanol–water partition coefficient (Wildman–Crippen LogP) is 0.144. The second kappa shape index (κ2) is 5.94. The molecule has 0 aliphatic carbocycles. The number of hydrogen-bond donors (Lipinski definition) is 0. The number of hydrogen-bond acceptors (Lipinski definition) is 4. The number of carbonyl (C=O) groups is 1. The highest BCUT2D eigenvalue weighted by Gasteiger charge is 2.12. The number of nitrogens with zero attached hydrogens (tertiary/aromatic N) is 2. The fraction of sp³-hybridized carbons (Fsp3) is 0.889. The van der Waals surface area contributed by atoms with Crippen molar-refractivity contribution in [3.8, 4) is 0 Å². The van der Waals surface area contributed by atoms with E-state index in [0.29, 0.717) is 13.1 Å². The van der Waals surface area contributed by atoms with Crippen LogP contribution in [0.1, 0.15) is 12.8 Å². The minimum atomic E-state index is 0.516. The Labute approximate surface area is 79.4 Å². The van der Waals surface area contributed by atoms with Gasteiger partial charge in [0, 0.05) is 19.6 Å². The summed E-state index contributed by atoms with van der Waals surface area (Å²) in [5.74, 6) is 0. The quantitative estimate of drug-likeness (QED) is 0.452. The fourth-order valence-electron chi connectivity index (χ4n) is 1.65. The van der Waals surface area contributed by atoms with Gasteiger partial charge >= 0.3 is 0 Å². The molecule has 4 nitrogen and oxygen atoms in total. The van der Waals surface area contributed by atoms with Crippen molar-refractivity contribution in [2.24, 2.45) is 0 Å². The zero-order chi connectivity index (χ0) is 9.52. The molecule has 0 spiro atoms. The molecule has 0 aromatic carbocycles. The maximum atomic E-state index is 9.86. The van der Waals surface area contributed by atoms with Crippen molar-refractivity contribution >= 4 is 6.47 Å². The van der Waals surface area contributed by atoms with Crippen molar-refractivity contribution in [1.82, 2.24) is 9.80 Å². The van der Waals surface area contributed by atoms with E-state index in [1.54, 1.807) is 0 Å². The molecule has 1 aliphatic rings. The van der Waals surface area contributed by atoms with Crippen molar-refractivity contribution < 1.29 is 9.53 Å². The molecule has 0 saturated carbocycles. The Morgan fingerprint density at radius 1 is 1.46 bits per heavy atom. The number of carbonyl (C=O) groups excluding carboxylic acids is 1. The summed E-state index contributed by atoms with van der Waals surface area (Å²) in [5.41, 5.74) is 0. The van der Waals surface area contributed by atoms with Gasteiger partial charge in [-0.1, -0.05) is 0 Å². The Bertz CT molecular complexity index is 153. The third-order valence-corrected chi connectivity index (χ3v) is 2.26. The fourth-order valence-corrected chi connectivity index (χ4v) is 1.65. The van der Waals surface area contributed by atoms with Crippen molar-refractivity contribution in [3.05, 3.63) is 0 Å². The highest BCUT2D eigenvalue weighted by atomic mass is 16.5. The second-order valence-electron chi connectivity index (χ2n) is 3.51. The normalized spacial score (nSPS) is 20.1. The lowest BCUT2D eigenvalue weighted by Gasteiger charge is -2.32. The molecular formula is C9H18N2O2. The molecule has 1 aliphatic heterocycles. The van der Waals surface area contributed by atoms with Gasteiger partial charge in [-0.15, -0.1) is 0 Å². The second-order valence-corrected chi connectivity index (χ2v) is 3.51. The van der Waals surface area contributed by atoms with E-state index in [1.165, 1.54) is 19.5 Å². The van der Waals surface area contributed by atoms with Crippen LogP contribution in [0.2, 0.25) is 0 Å². The molecule has 1 rings (SSSR count). The molecule has 0 N–H and O–H groups in total. The van der Waals surface area contributed by atoms with E-state index in [2.05, 4.69) is 21.6 Å². The van der Waals surface area contributed by atoms with Gasteiger partial charge in [0.25, 0.3) is 6.47 Å². The van der Waals surface area contributed by atoms with E-state index in [1.807, 2.05) is 0 Å². The molecular weight excluding hydrogens is 168 g/mol. The van der Waals surface area contributed by atoms with Crippen LogP contribution in [-0.2, 0) is 9.53 Å². The van der Waals surface area contributed by atoms with Crippen LogP contribution in [0.25, 0.3) is 0 Å². The summed E-state index contributed by atoms with van der Waals surface area (Å²) in [7, 11) is 2.13. The predicted molar refractivity (Wildman–Crippen MR) is 50.3 cm³/mol. The molecule has 0 aromatic heterocycles. The molecule has 4 heteroatoms. The first kappa shape index (κ1) is 10.5. The van der Waals surface area contributed by atoms with Gasteiger partial charge in [-0.2, -0.15) is 0 Å². The summed E-state index contributed by atoms with van der Waals surface area (Å²) in [6, 6.07) is 0. The molecule has 0 amide bonds. The first-order chi connectivity index (χ1) is 6.33. The Kier molecular flexibility index (Phi) is 4.78. The Morgan fingerprint density at radius 2 is 2.31 bits per heavy atom. The summed E-state index contributed by atoms with van der Waals surface area (Å²) < 4.78 is 4.63. The smallest absolute Gasteiger partial charge is 0.293 e. The van der Waals surface area contributed by atoms with E-state index < -0.39 is 0 Å². The molecule has 0 radical (unpaired) electrons. The van der Waals surface area contributed by atoms with Crippen molar-refractivity contribution in [2.75, 3.05) is 40.0 Å². The van der Waals surface area contributed by atoms with E-state index in [-0.39, 0.29) is 0 Å². The van der Waals surface area contributed by atoms with Crippen molar-refractivity contribution in [1.29, 1.82) is 0 Å². The van der Waals surface area contributed by atoms with Crippen molar-refractivity contribution in [3.63, 3.8) is 0 Å². The topological polar surface area (TPSA) is 32.8 Å². The molecule has 1 heterocycles. The third-order valence-electron chi connectivity index (χ3n) is 2.26. The first-order valence-corrected chi connectivity index (χ1v) is 4.79. The van der Waals surface area contributed by atoms with Gasteiger partial charge in [-0.25, -0.2) is 0 Å².